The molecule has 4 nitrogen and oxygen atoms in total. The minimum Gasteiger partial charge on any atom is -0.337 e. The Morgan fingerprint density at radius 3 is 2.92 bits per heavy atom. The molecule has 12 heavy (non-hydrogen) atoms. The van der Waals surface area contributed by atoms with Crippen molar-refractivity contribution < 1.29 is 0 Å². The minimum atomic E-state index is 0.953. The van der Waals surface area contributed by atoms with E-state index in [2.05, 4.69) is 9.55 Å². The standard InChI is InChI=1S/C8H16N4/c1-11(9)5-2-3-6-12-7-4-10-8-12/h4,7-8H,2-3,5-6,9H2,1H3. The first-order chi connectivity index (χ1) is 5.79. The van der Waals surface area contributed by atoms with E-state index in [1.807, 2.05) is 19.6 Å². The number of aryl methyl sites for hydroxylation is 1. The number of aromatic nitrogens is 2. The maximum atomic E-state index is 5.47. The van der Waals surface area contributed by atoms with E-state index in [0.717, 1.165) is 25.9 Å². The Labute approximate surface area is 73.0 Å². The van der Waals surface area contributed by atoms with Crippen molar-refractivity contribution in [2.24, 2.45) is 5.84 Å². The van der Waals surface area contributed by atoms with Gasteiger partial charge in [0.15, 0.2) is 0 Å². The molecule has 0 spiro atoms. The zero-order chi connectivity index (χ0) is 8.81. The van der Waals surface area contributed by atoms with Gasteiger partial charge in [0, 0.05) is 32.5 Å². The molecule has 0 bridgehead atoms. The Balaban J connectivity index is 2.04. The molecule has 0 aliphatic carbocycles. The molecule has 1 rings (SSSR count). The number of nitrogens with zero attached hydrogens (tertiary/aromatic N) is 3. The fraction of sp³-hybridized carbons (Fsp3) is 0.625. The molecule has 4 heteroatoms. The van der Waals surface area contributed by atoms with E-state index in [1.54, 1.807) is 11.2 Å². The zero-order valence-corrected chi connectivity index (χ0v) is 7.48. The molecule has 0 saturated heterocycles. The van der Waals surface area contributed by atoms with Crippen LogP contribution in [0.5, 0.6) is 0 Å². The van der Waals surface area contributed by atoms with Crippen molar-refractivity contribution in [1.29, 1.82) is 0 Å². The summed E-state index contributed by atoms with van der Waals surface area (Å²) < 4.78 is 2.08. The summed E-state index contributed by atoms with van der Waals surface area (Å²) in [4.78, 5) is 3.96. The number of unbranched alkanes of at least 4 members (excludes halogenated alkanes) is 1. The highest BCUT2D eigenvalue weighted by Gasteiger charge is 1.92. The molecule has 0 aliphatic heterocycles. The summed E-state index contributed by atoms with van der Waals surface area (Å²) in [5.74, 6) is 5.47. The van der Waals surface area contributed by atoms with Crippen molar-refractivity contribution in [3.05, 3.63) is 18.7 Å². The molecular weight excluding hydrogens is 152 g/mol. The number of imidazole rings is 1. The molecule has 0 amide bonds. The summed E-state index contributed by atoms with van der Waals surface area (Å²) in [5, 5.41) is 1.72. The van der Waals surface area contributed by atoms with Crippen LogP contribution in [0.3, 0.4) is 0 Å². The highest BCUT2D eigenvalue weighted by Crippen LogP contribution is 1.94. The number of rotatable bonds is 5. The molecule has 1 heterocycles. The van der Waals surface area contributed by atoms with Crippen molar-refractivity contribution in [1.82, 2.24) is 14.6 Å². The molecule has 1 aromatic heterocycles. The lowest BCUT2D eigenvalue weighted by molar-refractivity contribution is 0.335. The van der Waals surface area contributed by atoms with Crippen molar-refractivity contribution in [3.63, 3.8) is 0 Å². The Morgan fingerprint density at radius 1 is 1.50 bits per heavy atom. The van der Waals surface area contributed by atoms with Crippen molar-refractivity contribution in [2.45, 2.75) is 19.4 Å². The van der Waals surface area contributed by atoms with Crippen LogP contribution in [0.15, 0.2) is 18.7 Å². The van der Waals surface area contributed by atoms with E-state index >= 15 is 0 Å². The molecule has 68 valence electrons. The first-order valence-electron chi connectivity index (χ1n) is 4.20. The van der Waals surface area contributed by atoms with Gasteiger partial charge < -0.3 is 4.57 Å². The lowest BCUT2D eigenvalue weighted by atomic mass is 10.3. The Morgan fingerprint density at radius 2 is 2.33 bits per heavy atom. The van der Waals surface area contributed by atoms with E-state index in [9.17, 15) is 0 Å². The van der Waals surface area contributed by atoms with Gasteiger partial charge in [0.1, 0.15) is 0 Å². The molecular formula is C8H16N4. The van der Waals surface area contributed by atoms with Crippen LogP contribution < -0.4 is 5.84 Å². The number of hydrogen-bond acceptors (Lipinski definition) is 3. The fourth-order valence-electron chi connectivity index (χ4n) is 1.07. The van der Waals surface area contributed by atoms with Crippen molar-refractivity contribution in [3.8, 4) is 0 Å². The maximum Gasteiger partial charge on any atom is 0.0945 e. The van der Waals surface area contributed by atoms with Crippen LogP contribution in [-0.4, -0.2) is 28.2 Å². The Hall–Kier alpha value is -0.870. The molecule has 0 atom stereocenters. The summed E-state index contributed by atoms with van der Waals surface area (Å²) in [7, 11) is 1.89. The summed E-state index contributed by atoms with van der Waals surface area (Å²) >= 11 is 0. The van der Waals surface area contributed by atoms with E-state index < -0.39 is 0 Å². The molecule has 0 fully saturated rings. The van der Waals surface area contributed by atoms with Gasteiger partial charge in [-0.15, -0.1) is 0 Å². The van der Waals surface area contributed by atoms with Crippen LogP contribution in [0.25, 0.3) is 0 Å². The van der Waals surface area contributed by atoms with Gasteiger partial charge in [0.25, 0.3) is 0 Å². The highest BCUT2D eigenvalue weighted by molar-refractivity contribution is 4.73. The van der Waals surface area contributed by atoms with Gasteiger partial charge in [0.2, 0.25) is 0 Å². The van der Waals surface area contributed by atoms with Crippen LogP contribution in [-0.2, 0) is 6.54 Å². The summed E-state index contributed by atoms with van der Waals surface area (Å²) in [5.41, 5.74) is 0. The van der Waals surface area contributed by atoms with Crippen LogP contribution >= 0.6 is 0 Å². The van der Waals surface area contributed by atoms with Gasteiger partial charge in [0.05, 0.1) is 6.33 Å². The third kappa shape index (κ3) is 3.50. The van der Waals surface area contributed by atoms with E-state index in [4.69, 9.17) is 5.84 Å². The van der Waals surface area contributed by atoms with Gasteiger partial charge in [-0.2, -0.15) is 0 Å². The number of nitrogens with two attached hydrogens (primary N) is 1. The second kappa shape index (κ2) is 4.90. The van der Waals surface area contributed by atoms with Gasteiger partial charge in [-0.3, -0.25) is 10.9 Å². The topological polar surface area (TPSA) is 47.1 Å². The number of hydrogen-bond donors (Lipinski definition) is 1. The van der Waals surface area contributed by atoms with Gasteiger partial charge in [-0.05, 0) is 12.8 Å². The van der Waals surface area contributed by atoms with Crippen LogP contribution in [0.2, 0.25) is 0 Å². The van der Waals surface area contributed by atoms with E-state index in [0.29, 0.717) is 0 Å². The lowest BCUT2D eigenvalue weighted by Crippen LogP contribution is -2.26. The summed E-state index contributed by atoms with van der Waals surface area (Å²) in [6.07, 6.45) is 7.90. The molecule has 2 N–H and O–H groups in total. The third-order valence-corrected chi connectivity index (χ3v) is 1.74. The average molecular weight is 168 g/mol. The molecule has 0 aromatic carbocycles. The monoisotopic (exact) mass is 168 g/mol. The highest BCUT2D eigenvalue weighted by atomic mass is 15.4. The molecule has 0 unspecified atom stereocenters. The predicted molar refractivity (Wildman–Crippen MR) is 48.3 cm³/mol. The second-order valence-corrected chi connectivity index (χ2v) is 2.99. The van der Waals surface area contributed by atoms with E-state index in [-0.39, 0.29) is 0 Å². The van der Waals surface area contributed by atoms with E-state index in [1.165, 1.54) is 0 Å². The van der Waals surface area contributed by atoms with Gasteiger partial charge >= 0.3 is 0 Å². The SMILES string of the molecule is CN(N)CCCCn1ccnc1. The van der Waals surface area contributed by atoms with Crippen LogP contribution in [0, 0.1) is 0 Å². The largest absolute Gasteiger partial charge is 0.337 e. The van der Waals surface area contributed by atoms with Gasteiger partial charge in [-0.25, -0.2) is 4.98 Å². The molecule has 0 saturated carbocycles. The zero-order valence-electron chi connectivity index (χ0n) is 7.48. The van der Waals surface area contributed by atoms with Gasteiger partial charge in [-0.1, -0.05) is 0 Å². The third-order valence-electron chi connectivity index (χ3n) is 1.74. The number of hydrazine groups is 1. The van der Waals surface area contributed by atoms with Crippen LogP contribution in [0.1, 0.15) is 12.8 Å². The summed E-state index contributed by atoms with van der Waals surface area (Å²) in [6, 6.07) is 0. The lowest BCUT2D eigenvalue weighted by Gasteiger charge is -2.08. The summed E-state index contributed by atoms with van der Waals surface area (Å²) in [6.45, 7) is 1.99. The smallest absolute Gasteiger partial charge is 0.0945 e. The normalized spacial score (nSPS) is 10.9. The molecule has 0 radical (unpaired) electrons. The average Bonchev–Trinajstić information content (AvgIpc) is 2.49. The second-order valence-electron chi connectivity index (χ2n) is 2.99. The minimum absolute atomic E-state index is 0.953. The maximum absolute atomic E-state index is 5.47. The first-order valence-corrected chi connectivity index (χ1v) is 4.20. The predicted octanol–water partition coefficient (Wildman–Crippen LogP) is 0.469. The Kier molecular flexibility index (Phi) is 3.76. The Bertz CT molecular complexity index is 193. The molecule has 1 aromatic rings. The molecule has 0 aliphatic rings. The fourth-order valence-corrected chi connectivity index (χ4v) is 1.07. The van der Waals surface area contributed by atoms with Crippen LogP contribution in [0.4, 0.5) is 0 Å². The first kappa shape index (κ1) is 9.22. The van der Waals surface area contributed by atoms with Crippen molar-refractivity contribution >= 4 is 0 Å². The van der Waals surface area contributed by atoms with Crippen molar-refractivity contribution in [2.75, 3.05) is 13.6 Å². The quantitative estimate of drug-likeness (QED) is 0.395.